The maximum absolute atomic E-state index is 13.6. The molecule has 0 aliphatic rings. The van der Waals surface area contributed by atoms with Crippen molar-refractivity contribution in [2.75, 3.05) is 0 Å². The van der Waals surface area contributed by atoms with E-state index in [0.29, 0.717) is 0 Å². The molecule has 4 N–H and O–H groups in total. The van der Waals surface area contributed by atoms with E-state index in [4.69, 9.17) is 18.9 Å². The molecule has 424 valence electrons. The maximum Gasteiger partial charge on any atom is 0.316 e. The number of phenols is 4. The number of nitro groups is 4. The van der Waals surface area contributed by atoms with E-state index in [0.717, 1.165) is 64.1 Å². The Morgan fingerprint density at radius 2 is 0.619 bits per heavy atom. The second-order valence-electron chi connectivity index (χ2n) is 17.2. The molecule has 0 spiro atoms. The number of nitro benzene ring substituents is 4. The smallest absolute Gasteiger partial charge is 0.316 e. The summed E-state index contributed by atoms with van der Waals surface area (Å²) in [5.74, 6) is -9.94. The summed E-state index contributed by atoms with van der Waals surface area (Å²) >= 11 is 0. The molecular formula is C54H36N8O22. The van der Waals surface area contributed by atoms with Crippen LogP contribution in [-0.4, -0.2) is 95.5 Å². The van der Waals surface area contributed by atoms with Crippen molar-refractivity contribution in [1.82, 2.24) is 19.9 Å². The number of ether oxygens (including phenoxy) is 4. The van der Waals surface area contributed by atoms with Crippen molar-refractivity contribution < 1.29 is 87.8 Å². The van der Waals surface area contributed by atoms with Crippen LogP contribution in [0.4, 0.5) is 22.7 Å². The SMILES string of the molecule is CC(=O)Oc1cc(-c2cc(C(=O)c3ccnc(-c4cc(OC(C)=O)c(OC(C)=O)c([N+](=O)[O-])c4)c3)ccn2)cc([N+](=O)[O-])c1OC(C)=O.O=C(c1ccnc(-c2cc(O)c(O)c([N+](=O)[O-])c2)c1)c1ccnc(-c2cc(O)c(O)c([N+](=O)[O-])c2)c1. The van der Waals surface area contributed by atoms with Gasteiger partial charge in [0, 0.05) is 121 Å². The lowest BCUT2D eigenvalue weighted by molar-refractivity contribution is -0.386. The minimum atomic E-state index is -0.903. The van der Waals surface area contributed by atoms with E-state index < -0.39 is 124 Å². The Bertz CT molecular complexity index is 3870. The van der Waals surface area contributed by atoms with E-state index in [2.05, 4.69) is 19.9 Å². The molecule has 8 aromatic rings. The van der Waals surface area contributed by atoms with Crippen LogP contribution < -0.4 is 18.9 Å². The summed E-state index contributed by atoms with van der Waals surface area (Å²) in [5.41, 5.74) is -2.04. The summed E-state index contributed by atoms with van der Waals surface area (Å²) in [6.45, 7) is 4.10. The van der Waals surface area contributed by atoms with E-state index in [1.54, 1.807) is 0 Å². The van der Waals surface area contributed by atoms with Crippen LogP contribution in [-0.2, 0) is 19.2 Å². The molecule has 4 heterocycles. The van der Waals surface area contributed by atoms with E-state index >= 15 is 0 Å². The first-order valence-corrected chi connectivity index (χ1v) is 23.5. The van der Waals surface area contributed by atoms with Crippen LogP contribution in [0.25, 0.3) is 45.0 Å². The zero-order valence-electron chi connectivity index (χ0n) is 43.3. The first kappa shape index (κ1) is 59.2. The summed E-state index contributed by atoms with van der Waals surface area (Å²) in [6.07, 6.45) is 5.07. The normalized spacial score (nSPS) is 10.5. The third-order valence-electron chi connectivity index (χ3n) is 11.3. The van der Waals surface area contributed by atoms with Gasteiger partial charge in [-0.1, -0.05) is 0 Å². The number of phenolic OH excluding ortho intramolecular Hbond substituents is 4. The molecule has 0 fully saturated rings. The number of esters is 4. The summed E-state index contributed by atoms with van der Waals surface area (Å²) in [5, 5.41) is 85.1. The molecular weight excluding hydrogens is 1110 g/mol. The monoisotopic (exact) mass is 1150 g/mol. The molecule has 0 atom stereocenters. The van der Waals surface area contributed by atoms with Crippen LogP contribution in [0, 0.1) is 40.5 Å². The topological polar surface area (TPSA) is 444 Å². The van der Waals surface area contributed by atoms with Gasteiger partial charge in [0.2, 0.25) is 11.5 Å². The lowest BCUT2D eigenvalue weighted by Gasteiger charge is -2.12. The van der Waals surface area contributed by atoms with Crippen molar-refractivity contribution in [3.8, 4) is 91.0 Å². The largest absolute Gasteiger partial charge is 0.504 e. The standard InChI is InChI=1S/C31H22N4O13.C23H14N4O9/c1-15(36)45-27-13-21(11-25(34(41)42)30(27)47-17(3)38)23-9-19(5-7-32-23)29(40)20-6-8-33-24(10-20)22-12-26(35(43)44)31(48-18(4)39)28(14-22)46-16(2)37;28-19-9-13(7-17(22(19)31)26(33)34)15-5-11(1-3-24-15)21(30)12-2-4-25-16(6-12)14-8-18(27(35)36)23(32)20(29)10-14/h5-14H,1-4H3;1-10,28-29,31-32H. The minimum Gasteiger partial charge on any atom is -0.504 e. The number of carbonyl (C=O) groups is 6. The predicted molar refractivity (Wildman–Crippen MR) is 284 cm³/mol. The summed E-state index contributed by atoms with van der Waals surface area (Å²) in [7, 11) is 0. The van der Waals surface area contributed by atoms with Crippen molar-refractivity contribution in [2.45, 2.75) is 27.7 Å². The number of rotatable bonds is 16. The van der Waals surface area contributed by atoms with Gasteiger partial charge in [0.25, 0.3) is 11.5 Å². The molecule has 30 heteroatoms. The molecule has 0 radical (unpaired) electrons. The first-order chi connectivity index (χ1) is 39.7. The van der Waals surface area contributed by atoms with Gasteiger partial charge in [-0.05, 0) is 72.8 Å². The van der Waals surface area contributed by atoms with Gasteiger partial charge in [0.05, 0.1) is 42.5 Å². The van der Waals surface area contributed by atoms with Gasteiger partial charge in [-0.15, -0.1) is 0 Å². The van der Waals surface area contributed by atoms with Crippen LogP contribution in [0.15, 0.2) is 122 Å². The van der Waals surface area contributed by atoms with E-state index in [9.17, 15) is 89.7 Å². The number of hydrogen-bond donors (Lipinski definition) is 4. The Morgan fingerprint density at radius 3 is 0.869 bits per heavy atom. The Morgan fingerprint density at radius 1 is 0.369 bits per heavy atom. The minimum absolute atomic E-state index is 0.0390. The molecule has 0 aliphatic heterocycles. The molecule has 0 saturated carbocycles. The number of aromatic nitrogens is 4. The maximum atomic E-state index is 13.6. The van der Waals surface area contributed by atoms with Crippen LogP contribution in [0.5, 0.6) is 46.0 Å². The zero-order chi connectivity index (χ0) is 61.4. The van der Waals surface area contributed by atoms with Crippen molar-refractivity contribution in [1.29, 1.82) is 0 Å². The van der Waals surface area contributed by atoms with Crippen LogP contribution in [0.1, 0.15) is 59.5 Å². The third-order valence-corrected chi connectivity index (χ3v) is 11.3. The van der Waals surface area contributed by atoms with Crippen LogP contribution in [0.2, 0.25) is 0 Å². The Labute approximate surface area is 468 Å². The van der Waals surface area contributed by atoms with Gasteiger partial charge >= 0.3 is 46.6 Å². The van der Waals surface area contributed by atoms with Gasteiger partial charge in [0.1, 0.15) is 0 Å². The van der Waals surface area contributed by atoms with E-state index in [-0.39, 0.29) is 67.3 Å². The first-order valence-electron chi connectivity index (χ1n) is 23.5. The molecule has 84 heavy (non-hydrogen) atoms. The quantitative estimate of drug-likeness (QED) is 0.0177. The highest BCUT2D eigenvalue weighted by Gasteiger charge is 2.29. The molecule has 0 bridgehead atoms. The number of benzene rings is 4. The summed E-state index contributed by atoms with van der Waals surface area (Å²) < 4.78 is 20.0. The van der Waals surface area contributed by atoms with Gasteiger partial charge in [-0.2, -0.15) is 0 Å². The third kappa shape index (κ3) is 13.5. The summed E-state index contributed by atoms with van der Waals surface area (Å²) in [4.78, 5) is 132. The number of aromatic hydroxyl groups is 4. The number of hydrogen-bond acceptors (Lipinski definition) is 26. The second kappa shape index (κ2) is 24.7. The molecule has 0 amide bonds. The van der Waals surface area contributed by atoms with Crippen molar-refractivity contribution in [3.05, 3.63) is 185 Å². The average molecular weight is 1150 g/mol. The Hall–Kier alpha value is -12.5. The van der Waals surface area contributed by atoms with Crippen molar-refractivity contribution in [2.24, 2.45) is 0 Å². The van der Waals surface area contributed by atoms with Gasteiger partial charge in [-0.3, -0.25) is 89.2 Å². The van der Waals surface area contributed by atoms with Crippen molar-refractivity contribution >= 4 is 58.2 Å². The molecule has 4 aromatic carbocycles. The molecule has 30 nitrogen and oxygen atoms in total. The van der Waals surface area contributed by atoms with Gasteiger partial charge < -0.3 is 39.4 Å². The molecule has 4 aromatic heterocycles. The fourth-order valence-electron chi connectivity index (χ4n) is 7.73. The van der Waals surface area contributed by atoms with E-state index in [1.165, 1.54) is 85.5 Å². The molecule has 0 aliphatic carbocycles. The van der Waals surface area contributed by atoms with Crippen LogP contribution in [0.3, 0.4) is 0 Å². The number of nitrogens with zero attached hydrogens (tertiary/aromatic N) is 8. The van der Waals surface area contributed by atoms with Gasteiger partial charge in [0.15, 0.2) is 34.6 Å². The highest BCUT2D eigenvalue weighted by Crippen LogP contribution is 2.44. The average Bonchev–Trinajstić information content (AvgIpc) is 3.58. The molecule has 0 saturated heterocycles. The number of ketones is 2. The lowest BCUT2D eigenvalue weighted by atomic mass is 10.00. The van der Waals surface area contributed by atoms with Gasteiger partial charge in [-0.25, -0.2) is 0 Å². The molecule has 0 unspecified atom stereocenters. The fraction of sp³-hybridized carbons (Fsp3) is 0.0741. The van der Waals surface area contributed by atoms with E-state index in [1.807, 2.05) is 0 Å². The fourth-order valence-corrected chi connectivity index (χ4v) is 7.73. The highest BCUT2D eigenvalue weighted by molar-refractivity contribution is 6.10. The van der Waals surface area contributed by atoms with Crippen molar-refractivity contribution in [3.63, 3.8) is 0 Å². The second-order valence-corrected chi connectivity index (χ2v) is 17.2. The zero-order valence-corrected chi connectivity index (χ0v) is 43.3. The number of carbonyl (C=O) groups excluding carboxylic acids is 6. The highest BCUT2D eigenvalue weighted by atomic mass is 16.6. The Kier molecular flexibility index (Phi) is 17.4. The number of pyridine rings is 4. The lowest BCUT2D eigenvalue weighted by Crippen LogP contribution is -2.09. The predicted octanol–water partition coefficient (Wildman–Crippen LogP) is 8.24. The Balaban J connectivity index is 0.000000251. The summed E-state index contributed by atoms with van der Waals surface area (Å²) in [6, 6.07) is 19.3. The molecule has 8 rings (SSSR count). The van der Waals surface area contributed by atoms with Crippen LogP contribution >= 0.6 is 0 Å².